The maximum Gasteiger partial charge on any atom is 0.328 e. The van der Waals surface area contributed by atoms with E-state index in [9.17, 15) is 14.7 Å². The van der Waals surface area contributed by atoms with Gasteiger partial charge in [-0.3, -0.25) is 4.79 Å². The summed E-state index contributed by atoms with van der Waals surface area (Å²) in [7, 11) is 0. The standard InChI is InChI=1S/C15H15BrN4O3/c1-8-5-10(16)3-4-11(8)14(21)20-7-13-18-17-9(2)19(13)6-12(20)15(22)23/h3-5,12H,6-7H2,1-2H3,(H,22,23). The molecule has 1 amide bonds. The van der Waals surface area contributed by atoms with Gasteiger partial charge >= 0.3 is 5.97 Å². The normalized spacial score (nSPS) is 17.0. The summed E-state index contributed by atoms with van der Waals surface area (Å²) in [5, 5.41) is 17.5. The third-order valence-corrected chi connectivity index (χ3v) is 4.51. The van der Waals surface area contributed by atoms with E-state index in [4.69, 9.17) is 0 Å². The van der Waals surface area contributed by atoms with Gasteiger partial charge < -0.3 is 14.6 Å². The fourth-order valence-electron chi connectivity index (χ4n) is 2.76. The molecule has 1 aliphatic heterocycles. The number of amides is 1. The lowest BCUT2D eigenvalue weighted by Gasteiger charge is -2.33. The van der Waals surface area contributed by atoms with Gasteiger partial charge in [-0.25, -0.2) is 4.79 Å². The third kappa shape index (κ3) is 2.74. The van der Waals surface area contributed by atoms with Crippen LogP contribution in [0.2, 0.25) is 0 Å². The number of benzene rings is 1. The number of hydrogen-bond donors (Lipinski definition) is 1. The number of carbonyl (C=O) groups excluding carboxylic acids is 1. The smallest absolute Gasteiger partial charge is 0.328 e. The van der Waals surface area contributed by atoms with Crippen LogP contribution in [0, 0.1) is 13.8 Å². The quantitative estimate of drug-likeness (QED) is 0.859. The summed E-state index contributed by atoms with van der Waals surface area (Å²) >= 11 is 3.36. The molecule has 23 heavy (non-hydrogen) atoms. The molecular formula is C15H15BrN4O3. The zero-order valence-electron chi connectivity index (χ0n) is 12.7. The Labute approximate surface area is 141 Å². The number of hydrogen-bond acceptors (Lipinski definition) is 4. The lowest BCUT2D eigenvalue weighted by atomic mass is 10.1. The van der Waals surface area contributed by atoms with E-state index in [0.29, 0.717) is 17.2 Å². The first-order valence-electron chi connectivity index (χ1n) is 7.07. The minimum Gasteiger partial charge on any atom is -0.480 e. The van der Waals surface area contributed by atoms with Crippen molar-refractivity contribution in [2.75, 3.05) is 0 Å². The van der Waals surface area contributed by atoms with Crippen LogP contribution in [-0.2, 0) is 17.9 Å². The topological polar surface area (TPSA) is 88.3 Å². The summed E-state index contributed by atoms with van der Waals surface area (Å²) in [4.78, 5) is 25.8. The van der Waals surface area contributed by atoms with Crippen molar-refractivity contribution < 1.29 is 14.7 Å². The SMILES string of the molecule is Cc1cc(Br)ccc1C(=O)N1Cc2nnc(C)n2CC1C(=O)O. The van der Waals surface area contributed by atoms with Gasteiger partial charge in [-0.2, -0.15) is 0 Å². The number of carboxylic acids is 1. The lowest BCUT2D eigenvalue weighted by molar-refractivity contribution is -0.143. The molecule has 0 aliphatic carbocycles. The van der Waals surface area contributed by atoms with Crippen molar-refractivity contribution in [3.63, 3.8) is 0 Å². The van der Waals surface area contributed by atoms with Gasteiger partial charge in [-0.05, 0) is 37.6 Å². The predicted molar refractivity (Wildman–Crippen MR) is 84.9 cm³/mol. The zero-order chi connectivity index (χ0) is 16.7. The van der Waals surface area contributed by atoms with Crippen LogP contribution >= 0.6 is 15.9 Å². The van der Waals surface area contributed by atoms with Crippen LogP contribution in [0.15, 0.2) is 22.7 Å². The highest BCUT2D eigenvalue weighted by Gasteiger charge is 2.37. The van der Waals surface area contributed by atoms with Crippen LogP contribution in [0.4, 0.5) is 0 Å². The van der Waals surface area contributed by atoms with Gasteiger partial charge in [-0.1, -0.05) is 15.9 Å². The predicted octanol–water partition coefficient (Wildman–Crippen LogP) is 1.77. The molecule has 1 aromatic heterocycles. The van der Waals surface area contributed by atoms with Gasteiger partial charge in [-0.15, -0.1) is 10.2 Å². The first-order valence-corrected chi connectivity index (χ1v) is 7.86. The van der Waals surface area contributed by atoms with Crippen molar-refractivity contribution in [3.05, 3.63) is 45.4 Å². The molecular weight excluding hydrogens is 364 g/mol. The summed E-state index contributed by atoms with van der Waals surface area (Å²) in [6.45, 7) is 3.88. The molecule has 1 unspecified atom stereocenters. The second-order valence-electron chi connectivity index (χ2n) is 5.52. The molecule has 120 valence electrons. The van der Waals surface area contributed by atoms with Gasteiger partial charge in [0.25, 0.3) is 5.91 Å². The summed E-state index contributed by atoms with van der Waals surface area (Å²) < 4.78 is 2.62. The molecule has 0 radical (unpaired) electrons. The first-order chi connectivity index (χ1) is 10.9. The molecule has 2 aromatic rings. The fourth-order valence-corrected chi connectivity index (χ4v) is 3.24. The number of aromatic nitrogens is 3. The molecule has 3 rings (SSSR count). The zero-order valence-corrected chi connectivity index (χ0v) is 14.2. The Morgan fingerprint density at radius 1 is 1.30 bits per heavy atom. The van der Waals surface area contributed by atoms with Crippen LogP contribution in [0.25, 0.3) is 0 Å². The fraction of sp³-hybridized carbons (Fsp3) is 0.333. The highest BCUT2D eigenvalue weighted by Crippen LogP contribution is 2.23. The number of fused-ring (bicyclic) bond motifs is 1. The Hall–Kier alpha value is -2.22. The first kappa shape index (κ1) is 15.7. The number of aliphatic carboxylic acids is 1. The van der Waals surface area contributed by atoms with Crippen LogP contribution in [0.5, 0.6) is 0 Å². The molecule has 1 aliphatic rings. The van der Waals surface area contributed by atoms with E-state index in [1.54, 1.807) is 23.6 Å². The van der Waals surface area contributed by atoms with E-state index in [-0.39, 0.29) is 19.0 Å². The lowest BCUT2D eigenvalue weighted by Crippen LogP contribution is -2.50. The number of halogens is 1. The van der Waals surface area contributed by atoms with Crippen molar-refractivity contribution >= 4 is 27.8 Å². The van der Waals surface area contributed by atoms with E-state index in [1.807, 2.05) is 13.0 Å². The Kier molecular flexibility index (Phi) is 3.93. The van der Waals surface area contributed by atoms with E-state index in [2.05, 4.69) is 26.1 Å². The van der Waals surface area contributed by atoms with Gasteiger partial charge in [0.05, 0.1) is 13.1 Å². The van der Waals surface area contributed by atoms with Crippen molar-refractivity contribution in [2.45, 2.75) is 33.0 Å². The van der Waals surface area contributed by atoms with E-state index >= 15 is 0 Å². The minimum atomic E-state index is -1.04. The molecule has 0 saturated heterocycles. The number of nitrogens with zero attached hydrogens (tertiary/aromatic N) is 4. The molecule has 0 fully saturated rings. The highest BCUT2D eigenvalue weighted by molar-refractivity contribution is 9.10. The second-order valence-corrected chi connectivity index (χ2v) is 6.44. The maximum absolute atomic E-state index is 12.9. The van der Waals surface area contributed by atoms with Crippen molar-refractivity contribution in [1.29, 1.82) is 0 Å². The summed E-state index contributed by atoms with van der Waals surface area (Å²) in [5.74, 6) is -0.0950. The molecule has 8 heteroatoms. The van der Waals surface area contributed by atoms with Gasteiger partial charge in [0, 0.05) is 10.0 Å². The highest BCUT2D eigenvalue weighted by atomic mass is 79.9. The molecule has 0 bridgehead atoms. The van der Waals surface area contributed by atoms with E-state index in [1.165, 1.54) is 4.90 Å². The van der Waals surface area contributed by atoms with Crippen molar-refractivity contribution in [3.8, 4) is 0 Å². The third-order valence-electron chi connectivity index (χ3n) is 4.02. The van der Waals surface area contributed by atoms with Crippen molar-refractivity contribution in [1.82, 2.24) is 19.7 Å². The average Bonchev–Trinajstić information content (AvgIpc) is 2.86. The molecule has 1 aromatic carbocycles. The van der Waals surface area contributed by atoms with Crippen LogP contribution in [-0.4, -0.2) is 42.7 Å². The molecule has 0 spiro atoms. The Morgan fingerprint density at radius 2 is 2.04 bits per heavy atom. The second kappa shape index (κ2) is 5.77. The number of carboxylic acid groups (broad SMARTS) is 1. The van der Waals surface area contributed by atoms with Crippen molar-refractivity contribution in [2.24, 2.45) is 0 Å². The molecule has 2 heterocycles. The van der Waals surface area contributed by atoms with Crippen LogP contribution in [0.1, 0.15) is 27.6 Å². The molecule has 1 N–H and O–H groups in total. The average molecular weight is 379 g/mol. The number of rotatable bonds is 2. The largest absolute Gasteiger partial charge is 0.480 e. The Balaban J connectivity index is 1.99. The Morgan fingerprint density at radius 3 is 2.70 bits per heavy atom. The maximum atomic E-state index is 12.9. The van der Waals surface area contributed by atoms with Gasteiger partial charge in [0.2, 0.25) is 0 Å². The van der Waals surface area contributed by atoms with Gasteiger partial charge in [0.1, 0.15) is 11.9 Å². The van der Waals surface area contributed by atoms with E-state index < -0.39 is 12.0 Å². The molecule has 0 saturated carbocycles. The minimum absolute atomic E-state index is 0.131. The molecule has 1 atom stereocenters. The summed E-state index contributed by atoms with van der Waals surface area (Å²) in [6.07, 6.45) is 0. The van der Waals surface area contributed by atoms with E-state index in [0.717, 1.165) is 10.0 Å². The Bertz CT molecular complexity index is 802. The van der Waals surface area contributed by atoms with Crippen LogP contribution in [0.3, 0.4) is 0 Å². The number of carbonyl (C=O) groups is 2. The summed E-state index contributed by atoms with van der Waals surface area (Å²) in [6, 6.07) is 4.37. The monoisotopic (exact) mass is 378 g/mol. The number of aryl methyl sites for hydroxylation is 2. The van der Waals surface area contributed by atoms with Crippen LogP contribution < -0.4 is 0 Å². The van der Waals surface area contributed by atoms with Gasteiger partial charge in [0.15, 0.2) is 5.82 Å². The summed E-state index contributed by atoms with van der Waals surface area (Å²) in [5.41, 5.74) is 1.28. The molecule has 7 nitrogen and oxygen atoms in total.